The van der Waals surface area contributed by atoms with Gasteiger partial charge in [0.25, 0.3) is 0 Å². The number of aromatic nitrogens is 1. The first kappa shape index (κ1) is 13.8. The van der Waals surface area contributed by atoms with E-state index in [9.17, 15) is 0 Å². The summed E-state index contributed by atoms with van der Waals surface area (Å²) >= 11 is 0. The third-order valence-corrected chi connectivity index (χ3v) is 4.01. The Labute approximate surface area is 135 Å². The molecule has 2 nitrogen and oxygen atoms in total. The minimum absolute atomic E-state index is 0.800. The number of aryl methyl sites for hydroxylation is 2. The van der Waals surface area contributed by atoms with Crippen molar-refractivity contribution in [3.05, 3.63) is 90.3 Å². The van der Waals surface area contributed by atoms with E-state index >= 15 is 0 Å². The number of rotatable bonds is 4. The smallest absolute Gasteiger partial charge is 0.195 e. The van der Waals surface area contributed by atoms with Crippen molar-refractivity contribution in [3.63, 3.8) is 0 Å². The zero-order valence-electron chi connectivity index (χ0n) is 12.8. The SMILES string of the molecule is c1ccc(CCc2nc3ccc(-c4ccccc4)cc3o2)cc1. The Kier molecular flexibility index (Phi) is 3.65. The van der Waals surface area contributed by atoms with Crippen LogP contribution in [-0.4, -0.2) is 4.98 Å². The molecule has 0 fully saturated rings. The first-order valence-corrected chi connectivity index (χ1v) is 7.87. The highest BCUT2D eigenvalue weighted by molar-refractivity contribution is 5.80. The molecule has 3 aromatic carbocycles. The Morgan fingerprint density at radius 3 is 2.22 bits per heavy atom. The van der Waals surface area contributed by atoms with Gasteiger partial charge in [0, 0.05) is 6.42 Å². The Hall–Kier alpha value is -2.87. The summed E-state index contributed by atoms with van der Waals surface area (Å²) in [6.07, 6.45) is 1.76. The lowest BCUT2D eigenvalue weighted by Crippen LogP contribution is -1.90. The van der Waals surface area contributed by atoms with E-state index in [4.69, 9.17) is 4.42 Å². The lowest BCUT2D eigenvalue weighted by atomic mass is 10.1. The molecule has 0 spiro atoms. The van der Waals surface area contributed by atoms with Crippen molar-refractivity contribution < 1.29 is 4.42 Å². The molecule has 0 bridgehead atoms. The fraction of sp³-hybridized carbons (Fsp3) is 0.0952. The molecule has 0 atom stereocenters. The number of fused-ring (bicyclic) bond motifs is 1. The predicted molar refractivity (Wildman–Crippen MR) is 93.3 cm³/mol. The number of benzene rings is 3. The standard InChI is InChI=1S/C21H17NO/c1-3-7-16(8-4-1)11-14-21-22-19-13-12-18(15-20(19)23-21)17-9-5-2-6-10-17/h1-10,12-13,15H,11,14H2. The van der Waals surface area contributed by atoms with E-state index in [0.29, 0.717) is 0 Å². The molecule has 0 N–H and O–H groups in total. The summed E-state index contributed by atoms with van der Waals surface area (Å²) in [5, 5.41) is 0. The van der Waals surface area contributed by atoms with Crippen LogP contribution < -0.4 is 0 Å². The lowest BCUT2D eigenvalue weighted by molar-refractivity contribution is 0.528. The van der Waals surface area contributed by atoms with Crippen LogP contribution in [-0.2, 0) is 12.8 Å². The summed E-state index contributed by atoms with van der Waals surface area (Å²) in [5.74, 6) is 0.800. The summed E-state index contributed by atoms with van der Waals surface area (Å²) in [7, 11) is 0. The van der Waals surface area contributed by atoms with E-state index in [-0.39, 0.29) is 0 Å². The average Bonchev–Trinajstić information content (AvgIpc) is 3.04. The van der Waals surface area contributed by atoms with Crippen LogP contribution in [0, 0.1) is 0 Å². The molecule has 4 aromatic rings. The fourth-order valence-corrected chi connectivity index (χ4v) is 2.79. The number of oxazole rings is 1. The van der Waals surface area contributed by atoms with Gasteiger partial charge in [-0.3, -0.25) is 0 Å². The van der Waals surface area contributed by atoms with Gasteiger partial charge < -0.3 is 4.42 Å². The van der Waals surface area contributed by atoms with Gasteiger partial charge in [-0.15, -0.1) is 0 Å². The zero-order valence-corrected chi connectivity index (χ0v) is 12.8. The highest BCUT2D eigenvalue weighted by Gasteiger charge is 2.07. The topological polar surface area (TPSA) is 26.0 Å². The number of hydrogen-bond acceptors (Lipinski definition) is 2. The van der Waals surface area contributed by atoms with Crippen LogP contribution >= 0.6 is 0 Å². The molecule has 1 heterocycles. The molecule has 0 aliphatic heterocycles. The summed E-state index contributed by atoms with van der Waals surface area (Å²) in [5.41, 5.74) is 5.43. The van der Waals surface area contributed by atoms with Gasteiger partial charge >= 0.3 is 0 Å². The Morgan fingerprint density at radius 1 is 0.696 bits per heavy atom. The van der Waals surface area contributed by atoms with Crippen molar-refractivity contribution in [1.82, 2.24) is 4.98 Å². The van der Waals surface area contributed by atoms with Crippen LogP contribution in [0.25, 0.3) is 22.2 Å². The van der Waals surface area contributed by atoms with Crippen molar-refractivity contribution in [1.29, 1.82) is 0 Å². The normalized spacial score (nSPS) is 11.0. The first-order chi connectivity index (χ1) is 11.4. The second kappa shape index (κ2) is 6.09. The minimum Gasteiger partial charge on any atom is -0.441 e. The van der Waals surface area contributed by atoms with Crippen molar-refractivity contribution in [2.75, 3.05) is 0 Å². The third-order valence-electron chi connectivity index (χ3n) is 4.01. The van der Waals surface area contributed by atoms with Gasteiger partial charge in [-0.2, -0.15) is 0 Å². The molecule has 0 radical (unpaired) electrons. The molecule has 0 amide bonds. The van der Waals surface area contributed by atoms with Gasteiger partial charge in [0.15, 0.2) is 11.5 Å². The molecule has 0 aliphatic carbocycles. The second-order valence-corrected chi connectivity index (χ2v) is 5.64. The molecular weight excluding hydrogens is 282 g/mol. The van der Waals surface area contributed by atoms with Crippen molar-refractivity contribution in [3.8, 4) is 11.1 Å². The molecule has 2 heteroatoms. The predicted octanol–water partition coefficient (Wildman–Crippen LogP) is 5.28. The summed E-state index contributed by atoms with van der Waals surface area (Å²) < 4.78 is 5.94. The van der Waals surface area contributed by atoms with E-state index in [0.717, 1.165) is 35.4 Å². The Bertz CT molecular complexity index is 910. The molecular formula is C21H17NO. The summed E-state index contributed by atoms with van der Waals surface area (Å²) in [6, 6.07) is 27.0. The lowest BCUT2D eigenvalue weighted by Gasteiger charge is -1.99. The minimum atomic E-state index is 0.800. The third kappa shape index (κ3) is 3.02. The highest BCUT2D eigenvalue weighted by atomic mass is 16.3. The van der Waals surface area contributed by atoms with Crippen LogP contribution in [0.2, 0.25) is 0 Å². The first-order valence-electron chi connectivity index (χ1n) is 7.87. The van der Waals surface area contributed by atoms with Crippen LogP contribution in [0.15, 0.2) is 83.3 Å². The molecule has 0 saturated heterocycles. The van der Waals surface area contributed by atoms with Gasteiger partial charge in [0.1, 0.15) is 5.52 Å². The zero-order chi connectivity index (χ0) is 15.5. The van der Waals surface area contributed by atoms with Gasteiger partial charge in [-0.05, 0) is 35.2 Å². The molecule has 112 valence electrons. The van der Waals surface area contributed by atoms with Crippen molar-refractivity contribution >= 4 is 11.1 Å². The van der Waals surface area contributed by atoms with E-state index in [2.05, 4.69) is 53.5 Å². The van der Waals surface area contributed by atoms with E-state index in [1.807, 2.05) is 30.3 Å². The van der Waals surface area contributed by atoms with Gasteiger partial charge in [-0.1, -0.05) is 66.7 Å². The number of nitrogens with zero attached hydrogens (tertiary/aromatic N) is 1. The highest BCUT2D eigenvalue weighted by Crippen LogP contribution is 2.25. The summed E-state index contributed by atoms with van der Waals surface area (Å²) in [4.78, 5) is 4.60. The molecule has 0 unspecified atom stereocenters. The van der Waals surface area contributed by atoms with Crippen molar-refractivity contribution in [2.45, 2.75) is 12.8 Å². The molecule has 4 rings (SSSR count). The van der Waals surface area contributed by atoms with Crippen LogP contribution in [0.4, 0.5) is 0 Å². The van der Waals surface area contributed by atoms with Crippen LogP contribution in [0.3, 0.4) is 0 Å². The molecule has 1 aromatic heterocycles. The van der Waals surface area contributed by atoms with Gasteiger partial charge in [0.05, 0.1) is 0 Å². The Morgan fingerprint density at radius 2 is 1.43 bits per heavy atom. The average molecular weight is 299 g/mol. The summed E-state index contributed by atoms with van der Waals surface area (Å²) in [6.45, 7) is 0. The molecule has 0 aliphatic rings. The van der Waals surface area contributed by atoms with Crippen LogP contribution in [0.5, 0.6) is 0 Å². The quantitative estimate of drug-likeness (QED) is 0.512. The largest absolute Gasteiger partial charge is 0.441 e. The maximum atomic E-state index is 5.94. The van der Waals surface area contributed by atoms with Crippen molar-refractivity contribution in [2.24, 2.45) is 0 Å². The monoisotopic (exact) mass is 299 g/mol. The fourth-order valence-electron chi connectivity index (χ4n) is 2.79. The van der Waals surface area contributed by atoms with Gasteiger partial charge in [0.2, 0.25) is 0 Å². The van der Waals surface area contributed by atoms with E-state index in [1.54, 1.807) is 0 Å². The maximum absolute atomic E-state index is 5.94. The second-order valence-electron chi connectivity index (χ2n) is 5.64. The van der Waals surface area contributed by atoms with Gasteiger partial charge in [-0.25, -0.2) is 4.98 Å². The molecule has 0 saturated carbocycles. The molecule has 23 heavy (non-hydrogen) atoms. The van der Waals surface area contributed by atoms with Crippen LogP contribution in [0.1, 0.15) is 11.5 Å². The maximum Gasteiger partial charge on any atom is 0.195 e. The number of hydrogen-bond donors (Lipinski definition) is 0. The Balaban J connectivity index is 1.58. The van der Waals surface area contributed by atoms with E-state index in [1.165, 1.54) is 11.1 Å². The van der Waals surface area contributed by atoms with E-state index < -0.39 is 0 Å².